The average molecular weight is 690 g/mol. The molecule has 2 amide bonds. The van der Waals surface area contributed by atoms with E-state index in [-0.39, 0.29) is 37.2 Å². The van der Waals surface area contributed by atoms with E-state index in [2.05, 4.69) is 35.9 Å². The predicted molar refractivity (Wildman–Crippen MR) is 180 cm³/mol. The first-order valence-electron chi connectivity index (χ1n) is 15.6. The minimum atomic E-state index is -4.12. The molecule has 0 radical (unpaired) electrons. The lowest BCUT2D eigenvalue weighted by Gasteiger charge is -2.33. The molecule has 0 saturated carbocycles. The molecule has 3 rings (SSSR count). The molecule has 2 heterocycles. The third-order valence-corrected chi connectivity index (χ3v) is 9.11. The molecule has 0 aliphatic carbocycles. The number of nitrogens with zero attached hydrogens (tertiary/aromatic N) is 6. The maximum Gasteiger partial charge on any atom is 0.239 e. The number of nitrogens with one attached hydrogen (secondary N) is 4. The molecule has 1 aromatic heterocycles. The number of likely N-dealkylation sites (tertiary alicyclic amines) is 1. The molecular formula is C29H47N13O5S. The van der Waals surface area contributed by atoms with Gasteiger partial charge in [-0.05, 0) is 74.8 Å². The van der Waals surface area contributed by atoms with Crippen LogP contribution < -0.4 is 32.6 Å². The summed E-state index contributed by atoms with van der Waals surface area (Å²) in [6.07, 6.45) is 2.64. The second-order valence-electron chi connectivity index (χ2n) is 12.7. The molecule has 18 nitrogen and oxygen atoms in total. The molecule has 0 spiro atoms. The van der Waals surface area contributed by atoms with Gasteiger partial charge in [-0.1, -0.05) is 24.3 Å². The van der Waals surface area contributed by atoms with Gasteiger partial charge in [-0.3, -0.25) is 20.0 Å². The van der Waals surface area contributed by atoms with Crippen molar-refractivity contribution in [1.29, 1.82) is 5.41 Å². The van der Waals surface area contributed by atoms with Crippen LogP contribution in [0.1, 0.15) is 58.4 Å². The van der Waals surface area contributed by atoms with Gasteiger partial charge in [-0.15, -0.1) is 5.10 Å². The Balaban J connectivity index is 1.74. The molecule has 2 aromatic rings. The van der Waals surface area contributed by atoms with Crippen LogP contribution >= 0.6 is 0 Å². The zero-order chi connectivity index (χ0) is 35.5. The molecule has 1 aromatic carbocycles. The topological polar surface area (TPSA) is 283 Å². The lowest BCUT2D eigenvalue weighted by Crippen LogP contribution is -2.51. The molecule has 10 N–H and O–H groups in total. The first-order valence-corrected chi connectivity index (χ1v) is 17.3. The minimum absolute atomic E-state index is 0.0458. The summed E-state index contributed by atoms with van der Waals surface area (Å²) in [5, 5.41) is 24.8. The molecule has 1 saturated heterocycles. The van der Waals surface area contributed by atoms with Crippen LogP contribution in [-0.2, 0) is 35.7 Å². The number of sulfonamides is 1. The Kier molecular flexibility index (Phi) is 13.4. The van der Waals surface area contributed by atoms with E-state index < -0.39 is 51.8 Å². The number of rotatable bonds is 16. The van der Waals surface area contributed by atoms with Gasteiger partial charge in [-0.25, -0.2) is 17.8 Å². The summed E-state index contributed by atoms with van der Waals surface area (Å²) in [6, 6.07) is 4.84. The maximum absolute atomic E-state index is 13.6. The summed E-state index contributed by atoms with van der Waals surface area (Å²) in [6.45, 7) is 6.57. The minimum Gasteiger partial charge on any atom is -0.370 e. The fourth-order valence-electron chi connectivity index (χ4n) is 5.33. The van der Waals surface area contributed by atoms with Gasteiger partial charge < -0.3 is 37.5 Å². The van der Waals surface area contributed by atoms with Crippen LogP contribution in [0, 0.1) is 11.3 Å². The maximum atomic E-state index is 13.6. The summed E-state index contributed by atoms with van der Waals surface area (Å²) < 4.78 is 31.5. The SMILES string of the molecule is CC(C)(C)n1nnnc1-c1ccccc1CS(=O)(=O)N[C@H](CC1CCN(C(=N)N)CC1)C(=O)NCC(=O)N[C@H](C=O)CCCN=C(N)N. The van der Waals surface area contributed by atoms with E-state index in [4.69, 9.17) is 22.6 Å². The second-order valence-corrected chi connectivity index (χ2v) is 14.5. The van der Waals surface area contributed by atoms with Crippen molar-refractivity contribution >= 4 is 40.0 Å². The highest BCUT2D eigenvalue weighted by molar-refractivity contribution is 7.88. The van der Waals surface area contributed by atoms with E-state index in [0.717, 1.165) is 0 Å². The lowest BCUT2D eigenvalue weighted by molar-refractivity contribution is -0.128. The van der Waals surface area contributed by atoms with Gasteiger partial charge >= 0.3 is 0 Å². The summed E-state index contributed by atoms with van der Waals surface area (Å²) >= 11 is 0. The number of guanidine groups is 2. The van der Waals surface area contributed by atoms with Crippen LogP contribution in [0.4, 0.5) is 0 Å². The zero-order valence-electron chi connectivity index (χ0n) is 27.6. The Labute approximate surface area is 280 Å². The highest BCUT2D eigenvalue weighted by atomic mass is 32.2. The molecule has 264 valence electrons. The summed E-state index contributed by atoms with van der Waals surface area (Å²) in [5.41, 5.74) is 16.7. The van der Waals surface area contributed by atoms with Crippen molar-refractivity contribution < 1.29 is 22.8 Å². The van der Waals surface area contributed by atoms with Crippen molar-refractivity contribution in [3.63, 3.8) is 0 Å². The first kappa shape index (κ1) is 37.8. The quantitative estimate of drug-likeness (QED) is 0.0470. The lowest BCUT2D eigenvalue weighted by atomic mass is 9.90. The van der Waals surface area contributed by atoms with Crippen LogP contribution in [0.2, 0.25) is 0 Å². The summed E-state index contributed by atoms with van der Waals surface area (Å²) in [5.74, 6) is -1.56. The second kappa shape index (κ2) is 17.0. The number of amides is 2. The number of hydrogen-bond acceptors (Lipinski definition) is 10. The Morgan fingerprint density at radius 3 is 2.48 bits per heavy atom. The zero-order valence-corrected chi connectivity index (χ0v) is 28.4. The van der Waals surface area contributed by atoms with E-state index in [1.165, 1.54) is 0 Å². The van der Waals surface area contributed by atoms with Gasteiger partial charge in [0.15, 0.2) is 17.7 Å². The number of aldehydes is 1. The van der Waals surface area contributed by atoms with Crippen LogP contribution in [-0.4, -0.2) is 102 Å². The molecule has 0 unspecified atom stereocenters. The fraction of sp³-hybridized carbons (Fsp3) is 0.586. The molecule has 2 atom stereocenters. The van der Waals surface area contributed by atoms with Gasteiger partial charge in [0.25, 0.3) is 0 Å². The van der Waals surface area contributed by atoms with Gasteiger partial charge in [0.2, 0.25) is 21.8 Å². The first-order chi connectivity index (χ1) is 22.6. The monoisotopic (exact) mass is 689 g/mol. The Morgan fingerprint density at radius 1 is 1.17 bits per heavy atom. The summed E-state index contributed by atoms with van der Waals surface area (Å²) in [4.78, 5) is 43.1. The molecule has 1 fully saturated rings. The normalized spacial score (nSPS) is 15.3. The molecule has 0 bridgehead atoms. The van der Waals surface area contributed by atoms with Crippen molar-refractivity contribution in [2.45, 2.75) is 76.3 Å². The number of benzene rings is 1. The van der Waals surface area contributed by atoms with Crippen LogP contribution in [0.3, 0.4) is 0 Å². The van der Waals surface area contributed by atoms with Crippen molar-refractivity contribution in [3.05, 3.63) is 29.8 Å². The summed E-state index contributed by atoms with van der Waals surface area (Å²) in [7, 11) is -4.12. The standard InChI is InChI=1S/C29H47N13O5S/c1-29(2,3)42-25(37-39-40-42)22-9-5-4-7-20(22)18-48(46,47)38-23(15-19-10-13-41(14-11-19)28(32)33)26(45)35-16-24(44)36-21(17-43)8-6-12-34-27(30)31/h4-5,7,9,17,19,21,23,38H,6,8,10-16,18H2,1-3H3,(H3,32,33)(H,35,45)(H,36,44)(H4,30,31,34)/t21-,23+/m0/s1. The average Bonchev–Trinajstić information content (AvgIpc) is 3.52. The Morgan fingerprint density at radius 2 is 1.85 bits per heavy atom. The smallest absolute Gasteiger partial charge is 0.239 e. The van der Waals surface area contributed by atoms with Gasteiger partial charge in [0.1, 0.15) is 12.3 Å². The predicted octanol–water partition coefficient (Wildman–Crippen LogP) is -1.27. The van der Waals surface area contributed by atoms with Crippen LogP contribution in [0.15, 0.2) is 29.3 Å². The van der Waals surface area contributed by atoms with E-state index in [9.17, 15) is 22.8 Å². The number of aliphatic imine (C=N–C) groups is 1. The molecule has 19 heteroatoms. The van der Waals surface area contributed by atoms with Gasteiger partial charge in [-0.2, -0.15) is 0 Å². The van der Waals surface area contributed by atoms with Crippen molar-refractivity contribution in [2.24, 2.45) is 28.1 Å². The third kappa shape index (κ3) is 11.5. The number of carbonyl (C=O) groups is 3. The number of tetrazole rings is 1. The van der Waals surface area contributed by atoms with Crippen LogP contribution in [0.25, 0.3) is 11.4 Å². The van der Waals surface area contributed by atoms with E-state index in [0.29, 0.717) is 55.6 Å². The molecule has 48 heavy (non-hydrogen) atoms. The number of aromatic nitrogens is 4. The van der Waals surface area contributed by atoms with E-state index >= 15 is 0 Å². The number of carbonyl (C=O) groups excluding carboxylic acids is 3. The van der Waals surface area contributed by atoms with Crippen molar-refractivity contribution in [3.8, 4) is 11.4 Å². The van der Waals surface area contributed by atoms with Crippen molar-refractivity contribution in [2.75, 3.05) is 26.2 Å². The van der Waals surface area contributed by atoms with E-state index in [1.54, 1.807) is 33.8 Å². The Hall–Kier alpha value is -4.65. The molecular weight excluding hydrogens is 642 g/mol. The highest BCUT2D eigenvalue weighted by Gasteiger charge is 2.31. The number of hydrogen-bond donors (Lipinski definition) is 7. The van der Waals surface area contributed by atoms with Crippen LogP contribution in [0.5, 0.6) is 0 Å². The molecule has 1 aliphatic heterocycles. The highest BCUT2D eigenvalue weighted by Crippen LogP contribution is 2.27. The van der Waals surface area contributed by atoms with Gasteiger partial charge in [0.05, 0.1) is 23.9 Å². The Bertz CT molecular complexity index is 1560. The number of piperidine rings is 1. The van der Waals surface area contributed by atoms with E-state index in [1.807, 2.05) is 20.8 Å². The van der Waals surface area contributed by atoms with Gasteiger partial charge in [0, 0.05) is 25.2 Å². The third-order valence-electron chi connectivity index (χ3n) is 7.77. The number of nitrogens with two attached hydrogens (primary N) is 3. The largest absolute Gasteiger partial charge is 0.370 e. The fourth-order valence-corrected chi connectivity index (χ4v) is 6.71. The molecule has 1 aliphatic rings. The van der Waals surface area contributed by atoms with Crippen molar-refractivity contribution in [1.82, 2.24) is 40.5 Å².